The molecule has 0 aliphatic carbocycles. The van der Waals surface area contributed by atoms with Crippen molar-refractivity contribution >= 4 is 52.3 Å². The summed E-state index contributed by atoms with van der Waals surface area (Å²) in [4.78, 5) is 0. The van der Waals surface area contributed by atoms with Crippen molar-refractivity contribution in [1.82, 2.24) is 5.43 Å². The van der Waals surface area contributed by atoms with Crippen LogP contribution in [-0.4, -0.2) is 10.8 Å². The molecular weight excluding hydrogens is 277 g/mol. The van der Waals surface area contributed by atoms with Crippen LogP contribution in [0.5, 0.6) is 0 Å². The van der Waals surface area contributed by atoms with E-state index in [0.717, 1.165) is 11.3 Å². The van der Waals surface area contributed by atoms with Gasteiger partial charge in [-0.1, -0.05) is 35.3 Å². The minimum Gasteiger partial charge on any atom is -0.375 e. The molecule has 3 N–H and O–H groups in total. The van der Waals surface area contributed by atoms with Gasteiger partial charge in [-0.15, -0.1) is 0 Å². The normalized spacial score (nSPS) is 11.8. The van der Waals surface area contributed by atoms with E-state index in [1.807, 2.05) is 25.1 Å². The molecule has 90 valence electrons. The number of nitrogens with one attached hydrogen (secondary N) is 1. The van der Waals surface area contributed by atoms with Crippen molar-refractivity contribution in [2.75, 3.05) is 0 Å². The lowest BCUT2D eigenvalue weighted by Gasteiger charge is -1.98. The van der Waals surface area contributed by atoms with E-state index in [2.05, 4.69) is 22.7 Å². The second kappa shape index (κ2) is 6.59. The molecule has 0 amide bonds. The zero-order valence-electron chi connectivity index (χ0n) is 9.08. The van der Waals surface area contributed by atoms with E-state index >= 15 is 0 Å². The number of nitrogens with two attached hydrogens (primary N) is 1. The van der Waals surface area contributed by atoms with Gasteiger partial charge in [0.1, 0.15) is 0 Å². The van der Waals surface area contributed by atoms with E-state index in [9.17, 15) is 0 Å². The summed E-state index contributed by atoms with van der Waals surface area (Å²) in [5.74, 6) is 0. The van der Waals surface area contributed by atoms with Crippen LogP contribution >= 0.6 is 35.4 Å². The van der Waals surface area contributed by atoms with Gasteiger partial charge >= 0.3 is 0 Å². The molecule has 0 spiro atoms. The van der Waals surface area contributed by atoms with Gasteiger partial charge in [0.2, 0.25) is 0 Å². The largest absolute Gasteiger partial charge is 0.375 e. The topological polar surface area (TPSA) is 50.4 Å². The first-order valence-electron chi connectivity index (χ1n) is 4.72. The Morgan fingerprint density at radius 1 is 1.41 bits per heavy atom. The highest BCUT2D eigenvalue weighted by atomic mass is 35.5. The zero-order valence-corrected chi connectivity index (χ0v) is 11.4. The maximum absolute atomic E-state index is 5.89. The molecule has 0 unspecified atom stereocenters. The van der Waals surface area contributed by atoms with Gasteiger partial charge in [0.05, 0.1) is 15.8 Å². The van der Waals surface area contributed by atoms with Crippen molar-refractivity contribution in [3.63, 3.8) is 0 Å². The Morgan fingerprint density at radius 3 is 2.71 bits per heavy atom. The van der Waals surface area contributed by atoms with E-state index in [0.29, 0.717) is 10.0 Å². The molecule has 0 radical (unpaired) electrons. The molecule has 1 aromatic rings. The van der Waals surface area contributed by atoms with Gasteiger partial charge in [-0.05, 0) is 42.9 Å². The minimum absolute atomic E-state index is 0.132. The number of hydrazone groups is 1. The zero-order chi connectivity index (χ0) is 12.8. The molecule has 0 aliphatic heterocycles. The fraction of sp³-hybridized carbons (Fsp3) is 0.0909. The van der Waals surface area contributed by atoms with E-state index in [1.54, 1.807) is 12.1 Å². The molecular formula is C11H11Cl2N3S. The van der Waals surface area contributed by atoms with Crippen LogP contribution in [0.2, 0.25) is 10.0 Å². The fourth-order valence-electron chi connectivity index (χ4n) is 1.01. The molecule has 0 aliphatic rings. The monoisotopic (exact) mass is 287 g/mol. The molecule has 0 fully saturated rings. The predicted octanol–water partition coefficient (Wildman–Crippen LogP) is 3.22. The molecule has 1 aromatic carbocycles. The third-order valence-corrected chi connectivity index (χ3v) is 2.63. The van der Waals surface area contributed by atoms with Gasteiger partial charge in [0, 0.05) is 0 Å². The van der Waals surface area contributed by atoms with Crippen molar-refractivity contribution < 1.29 is 0 Å². The number of hydrogen-bond acceptors (Lipinski definition) is 2. The minimum atomic E-state index is 0.132. The van der Waals surface area contributed by atoms with Gasteiger partial charge in [-0.25, -0.2) is 0 Å². The van der Waals surface area contributed by atoms with Crippen molar-refractivity contribution in [2.24, 2.45) is 10.8 Å². The number of benzene rings is 1. The summed E-state index contributed by atoms with van der Waals surface area (Å²) in [5, 5.41) is 5.12. The highest BCUT2D eigenvalue weighted by Crippen LogP contribution is 2.23. The average Bonchev–Trinajstić information content (AvgIpc) is 2.28. The van der Waals surface area contributed by atoms with Crippen LogP contribution in [0, 0.1) is 0 Å². The maximum Gasteiger partial charge on any atom is 0.184 e. The molecule has 6 heteroatoms. The van der Waals surface area contributed by atoms with Crippen LogP contribution in [0.25, 0.3) is 6.08 Å². The molecule has 0 atom stereocenters. The van der Waals surface area contributed by atoms with Crippen molar-refractivity contribution in [3.05, 3.63) is 39.9 Å². The van der Waals surface area contributed by atoms with Gasteiger partial charge in [-0.2, -0.15) is 5.10 Å². The summed E-state index contributed by atoms with van der Waals surface area (Å²) in [6.07, 6.45) is 3.67. The van der Waals surface area contributed by atoms with Crippen LogP contribution in [-0.2, 0) is 0 Å². The first kappa shape index (κ1) is 14.0. The van der Waals surface area contributed by atoms with Gasteiger partial charge in [0.25, 0.3) is 0 Å². The Hall–Kier alpha value is -1.10. The first-order chi connectivity index (χ1) is 7.99. The molecule has 0 heterocycles. The Balaban J connectivity index is 2.73. The highest BCUT2D eigenvalue weighted by molar-refractivity contribution is 7.80. The Morgan fingerprint density at radius 2 is 2.12 bits per heavy atom. The van der Waals surface area contributed by atoms with Gasteiger partial charge in [-0.3, -0.25) is 5.43 Å². The predicted molar refractivity (Wildman–Crippen MR) is 78.5 cm³/mol. The summed E-state index contributed by atoms with van der Waals surface area (Å²) in [7, 11) is 0. The highest BCUT2D eigenvalue weighted by Gasteiger charge is 1.96. The molecule has 0 saturated carbocycles. The quantitative estimate of drug-likeness (QED) is 0.510. The Kier molecular flexibility index (Phi) is 5.41. The van der Waals surface area contributed by atoms with Crippen molar-refractivity contribution in [2.45, 2.75) is 6.92 Å². The van der Waals surface area contributed by atoms with Crippen LogP contribution in [0.4, 0.5) is 0 Å². The van der Waals surface area contributed by atoms with E-state index in [4.69, 9.17) is 28.9 Å². The number of halogens is 2. The number of allylic oxidation sites excluding steroid dienone is 1. The number of nitrogens with zero attached hydrogens (tertiary/aromatic N) is 1. The molecule has 0 bridgehead atoms. The summed E-state index contributed by atoms with van der Waals surface area (Å²) in [5.41, 5.74) is 9.42. The van der Waals surface area contributed by atoms with E-state index < -0.39 is 0 Å². The van der Waals surface area contributed by atoms with E-state index in [-0.39, 0.29) is 5.11 Å². The third-order valence-electron chi connectivity index (χ3n) is 1.80. The Bertz CT molecular complexity index is 484. The van der Waals surface area contributed by atoms with Gasteiger partial charge in [0.15, 0.2) is 5.11 Å². The van der Waals surface area contributed by atoms with Gasteiger partial charge < -0.3 is 5.73 Å². The lowest BCUT2D eigenvalue weighted by atomic mass is 10.2. The lowest BCUT2D eigenvalue weighted by Crippen LogP contribution is -2.24. The SMILES string of the molecule is CC(/C=C\c1ccc(Cl)c(Cl)c1)=N/NC(N)=S. The number of thiocarbonyl (C=S) groups is 1. The average molecular weight is 288 g/mol. The van der Waals surface area contributed by atoms with Crippen LogP contribution in [0.1, 0.15) is 12.5 Å². The van der Waals surface area contributed by atoms with E-state index in [1.165, 1.54) is 0 Å². The second-order valence-electron chi connectivity index (χ2n) is 3.24. The summed E-state index contributed by atoms with van der Waals surface area (Å²) in [6.45, 7) is 1.82. The molecule has 0 saturated heterocycles. The Labute approximate surface area is 115 Å². The summed E-state index contributed by atoms with van der Waals surface area (Å²) < 4.78 is 0. The fourth-order valence-corrected chi connectivity index (χ4v) is 1.37. The van der Waals surface area contributed by atoms with Crippen LogP contribution in [0.3, 0.4) is 0 Å². The maximum atomic E-state index is 5.89. The summed E-state index contributed by atoms with van der Waals surface area (Å²) in [6, 6.07) is 5.37. The molecule has 0 aromatic heterocycles. The second-order valence-corrected chi connectivity index (χ2v) is 4.49. The van der Waals surface area contributed by atoms with Crippen LogP contribution < -0.4 is 11.2 Å². The van der Waals surface area contributed by atoms with Crippen molar-refractivity contribution in [1.29, 1.82) is 0 Å². The van der Waals surface area contributed by atoms with Crippen molar-refractivity contribution in [3.8, 4) is 0 Å². The smallest absolute Gasteiger partial charge is 0.184 e. The lowest BCUT2D eigenvalue weighted by molar-refractivity contribution is 1.03. The first-order valence-corrected chi connectivity index (χ1v) is 5.88. The summed E-state index contributed by atoms with van der Waals surface area (Å²) >= 11 is 16.3. The number of hydrogen-bond donors (Lipinski definition) is 2. The standard InChI is InChI=1S/C11H11Cl2N3S/c1-7(15-16-11(14)17)2-3-8-4-5-9(12)10(13)6-8/h2-6H,1H3,(H3,14,16,17)/b3-2-,15-7-. The molecule has 1 rings (SSSR count). The van der Waals surface area contributed by atoms with Crippen LogP contribution in [0.15, 0.2) is 29.4 Å². The molecule has 3 nitrogen and oxygen atoms in total. The number of rotatable bonds is 3. The third kappa shape index (κ3) is 5.17. The molecule has 17 heavy (non-hydrogen) atoms.